The molecule has 6 nitrogen and oxygen atoms in total. The number of amides is 1. The summed E-state index contributed by atoms with van der Waals surface area (Å²) in [6.07, 6.45) is 0. The van der Waals surface area contributed by atoms with E-state index >= 15 is 0 Å². The Morgan fingerprint density at radius 1 is 1.11 bits per heavy atom. The van der Waals surface area contributed by atoms with Crippen molar-refractivity contribution in [1.82, 2.24) is 9.78 Å². The van der Waals surface area contributed by atoms with Crippen LogP contribution in [0.2, 0.25) is 0 Å². The smallest absolute Gasteiger partial charge is 0.258 e. The lowest BCUT2D eigenvalue weighted by Crippen LogP contribution is -2.17. The molecule has 8 heteroatoms. The van der Waals surface area contributed by atoms with Gasteiger partial charge in [0.2, 0.25) is 0 Å². The van der Waals surface area contributed by atoms with Gasteiger partial charge in [0.25, 0.3) is 5.91 Å². The second-order valence-electron chi connectivity index (χ2n) is 6.18. The number of rotatable bonds is 5. The highest BCUT2D eigenvalue weighted by Crippen LogP contribution is 2.36. The van der Waals surface area contributed by atoms with Gasteiger partial charge in [-0.05, 0) is 58.4 Å². The van der Waals surface area contributed by atoms with Crippen molar-refractivity contribution in [2.45, 2.75) is 11.5 Å². The average molecular weight is 460 g/mol. The molecule has 1 N–H and O–H groups in total. The number of carbonyl (C=O) groups is 1. The van der Waals surface area contributed by atoms with Gasteiger partial charge in [0.15, 0.2) is 0 Å². The fourth-order valence-electron chi connectivity index (χ4n) is 3.03. The fraction of sp³-hybridized carbons (Fsp3) is 0.200. The number of hydrogen-bond acceptors (Lipinski definition) is 5. The number of ether oxygens (including phenoxy) is 2. The maximum absolute atomic E-state index is 13.0. The zero-order valence-electron chi connectivity index (χ0n) is 15.4. The SMILES string of the molecule is COc1ccc(-n2nc3c(c2NC(=O)c2cc(OC)ccc2Br)CSC3)cc1. The first-order valence-electron chi connectivity index (χ1n) is 8.58. The van der Waals surface area contributed by atoms with Crippen molar-refractivity contribution in [3.63, 3.8) is 0 Å². The summed E-state index contributed by atoms with van der Waals surface area (Å²) in [4.78, 5) is 13.0. The number of aromatic nitrogens is 2. The summed E-state index contributed by atoms with van der Waals surface area (Å²) in [5.41, 5.74) is 3.43. The van der Waals surface area contributed by atoms with Crippen LogP contribution < -0.4 is 14.8 Å². The minimum absolute atomic E-state index is 0.222. The van der Waals surface area contributed by atoms with Crippen molar-refractivity contribution in [2.75, 3.05) is 19.5 Å². The first kappa shape index (κ1) is 18.9. The number of benzene rings is 2. The van der Waals surface area contributed by atoms with Crippen molar-refractivity contribution in [3.8, 4) is 17.2 Å². The van der Waals surface area contributed by atoms with Gasteiger partial charge in [-0.2, -0.15) is 16.9 Å². The Labute approximate surface area is 175 Å². The zero-order chi connectivity index (χ0) is 19.7. The molecule has 0 fully saturated rings. The summed E-state index contributed by atoms with van der Waals surface area (Å²) in [6, 6.07) is 12.9. The van der Waals surface area contributed by atoms with Crippen LogP contribution in [0.3, 0.4) is 0 Å². The van der Waals surface area contributed by atoms with Gasteiger partial charge >= 0.3 is 0 Å². The molecular weight excluding hydrogens is 442 g/mol. The number of halogens is 1. The van der Waals surface area contributed by atoms with Crippen LogP contribution in [-0.2, 0) is 11.5 Å². The Hall–Kier alpha value is -2.45. The van der Waals surface area contributed by atoms with E-state index in [1.54, 1.807) is 48.9 Å². The van der Waals surface area contributed by atoms with E-state index in [0.29, 0.717) is 21.6 Å². The first-order valence-corrected chi connectivity index (χ1v) is 10.5. The molecule has 2 aromatic carbocycles. The third kappa shape index (κ3) is 3.49. The molecule has 1 aliphatic heterocycles. The molecule has 1 aliphatic rings. The monoisotopic (exact) mass is 459 g/mol. The average Bonchev–Trinajstić information content (AvgIpc) is 3.31. The maximum atomic E-state index is 13.0. The molecule has 0 saturated heterocycles. The van der Waals surface area contributed by atoms with Gasteiger partial charge in [0, 0.05) is 21.5 Å². The van der Waals surface area contributed by atoms with Crippen LogP contribution in [0.5, 0.6) is 11.5 Å². The first-order chi connectivity index (χ1) is 13.6. The van der Waals surface area contributed by atoms with E-state index in [2.05, 4.69) is 21.2 Å². The molecule has 28 heavy (non-hydrogen) atoms. The summed E-state index contributed by atoms with van der Waals surface area (Å²) in [7, 11) is 3.21. The molecular formula is C20H18BrN3O3S. The lowest BCUT2D eigenvalue weighted by molar-refractivity contribution is 0.102. The topological polar surface area (TPSA) is 65.4 Å². The molecule has 0 atom stereocenters. The minimum Gasteiger partial charge on any atom is -0.497 e. The van der Waals surface area contributed by atoms with E-state index in [4.69, 9.17) is 14.6 Å². The molecule has 1 amide bonds. The number of methoxy groups -OCH3 is 2. The van der Waals surface area contributed by atoms with Gasteiger partial charge in [-0.25, -0.2) is 4.68 Å². The number of hydrogen-bond donors (Lipinski definition) is 1. The number of anilines is 1. The van der Waals surface area contributed by atoms with Gasteiger partial charge in [-0.1, -0.05) is 0 Å². The van der Waals surface area contributed by atoms with Crippen LogP contribution in [0.25, 0.3) is 5.69 Å². The summed E-state index contributed by atoms with van der Waals surface area (Å²) in [5.74, 6) is 3.53. The Balaban J connectivity index is 1.72. The molecule has 0 bridgehead atoms. The summed E-state index contributed by atoms with van der Waals surface area (Å²) < 4.78 is 13.0. The van der Waals surface area contributed by atoms with Gasteiger partial charge < -0.3 is 14.8 Å². The molecule has 0 saturated carbocycles. The molecule has 4 rings (SSSR count). The quantitative estimate of drug-likeness (QED) is 0.601. The number of nitrogens with one attached hydrogen (secondary N) is 1. The standard InChI is InChI=1S/C20H18BrN3O3S/c1-26-13-5-3-12(4-6-13)24-19(16-10-28-11-18(16)23-24)22-20(25)15-9-14(27-2)7-8-17(15)21/h3-9H,10-11H2,1-2H3,(H,22,25). The highest BCUT2D eigenvalue weighted by atomic mass is 79.9. The Morgan fingerprint density at radius 3 is 2.54 bits per heavy atom. The van der Waals surface area contributed by atoms with Crippen molar-refractivity contribution < 1.29 is 14.3 Å². The van der Waals surface area contributed by atoms with Crippen molar-refractivity contribution in [1.29, 1.82) is 0 Å². The fourth-order valence-corrected chi connectivity index (χ4v) is 4.49. The second kappa shape index (κ2) is 7.89. The van der Waals surface area contributed by atoms with E-state index in [0.717, 1.165) is 34.2 Å². The molecule has 0 radical (unpaired) electrons. The van der Waals surface area contributed by atoms with Crippen LogP contribution in [0.1, 0.15) is 21.6 Å². The summed E-state index contributed by atoms with van der Waals surface area (Å²) >= 11 is 5.24. The second-order valence-corrected chi connectivity index (χ2v) is 8.02. The van der Waals surface area contributed by atoms with E-state index < -0.39 is 0 Å². The summed E-state index contributed by atoms with van der Waals surface area (Å²) in [5, 5.41) is 7.78. The molecule has 3 aromatic rings. The van der Waals surface area contributed by atoms with Crippen LogP contribution in [0, 0.1) is 0 Å². The number of carbonyl (C=O) groups excluding carboxylic acids is 1. The molecule has 1 aromatic heterocycles. The Bertz CT molecular complexity index is 1030. The van der Waals surface area contributed by atoms with E-state index in [1.165, 1.54) is 0 Å². The summed E-state index contributed by atoms with van der Waals surface area (Å²) in [6.45, 7) is 0. The van der Waals surface area contributed by atoms with Crippen molar-refractivity contribution in [3.05, 3.63) is 63.8 Å². The van der Waals surface area contributed by atoms with Crippen LogP contribution in [-0.4, -0.2) is 29.9 Å². The Kier molecular flexibility index (Phi) is 5.32. The zero-order valence-corrected chi connectivity index (χ0v) is 17.8. The highest BCUT2D eigenvalue weighted by Gasteiger charge is 2.25. The molecule has 0 aliphatic carbocycles. The van der Waals surface area contributed by atoms with Crippen molar-refractivity contribution in [2.24, 2.45) is 0 Å². The minimum atomic E-state index is -0.222. The van der Waals surface area contributed by atoms with Crippen LogP contribution >= 0.6 is 27.7 Å². The van der Waals surface area contributed by atoms with Gasteiger partial charge in [-0.15, -0.1) is 0 Å². The van der Waals surface area contributed by atoms with Crippen LogP contribution in [0.4, 0.5) is 5.82 Å². The molecule has 144 valence electrons. The molecule has 0 unspecified atom stereocenters. The molecule has 0 spiro atoms. The number of nitrogens with zero attached hydrogens (tertiary/aromatic N) is 2. The largest absolute Gasteiger partial charge is 0.497 e. The Morgan fingerprint density at radius 2 is 1.82 bits per heavy atom. The van der Waals surface area contributed by atoms with Crippen molar-refractivity contribution >= 4 is 39.4 Å². The predicted octanol–water partition coefficient (Wildman–Crippen LogP) is 4.65. The van der Waals surface area contributed by atoms with E-state index in [1.807, 2.05) is 24.3 Å². The van der Waals surface area contributed by atoms with Crippen LogP contribution in [0.15, 0.2) is 46.9 Å². The number of thioether (sulfide) groups is 1. The maximum Gasteiger partial charge on any atom is 0.258 e. The number of fused-ring (bicyclic) bond motifs is 1. The van der Waals surface area contributed by atoms with E-state index in [9.17, 15) is 4.79 Å². The van der Waals surface area contributed by atoms with Gasteiger partial charge in [-0.3, -0.25) is 4.79 Å². The van der Waals surface area contributed by atoms with Gasteiger partial charge in [0.1, 0.15) is 17.3 Å². The van der Waals surface area contributed by atoms with Gasteiger partial charge in [0.05, 0.1) is 31.2 Å². The third-order valence-electron chi connectivity index (χ3n) is 4.52. The normalized spacial score (nSPS) is 12.5. The predicted molar refractivity (Wildman–Crippen MR) is 114 cm³/mol. The highest BCUT2D eigenvalue weighted by molar-refractivity contribution is 9.10. The molecule has 2 heterocycles. The lowest BCUT2D eigenvalue weighted by atomic mass is 10.2. The third-order valence-corrected chi connectivity index (χ3v) is 6.18. The lowest BCUT2D eigenvalue weighted by Gasteiger charge is -2.13. The van der Waals surface area contributed by atoms with E-state index in [-0.39, 0.29) is 5.91 Å².